The third-order valence-electron chi connectivity index (χ3n) is 3.13. The van der Waals surface area contributed by atoms with Crippen molar-refractivity contribution in [2.75, 3.05) is 6.61 Å². The van der Waals surface area contributed by atoms with Crippen molar-refractivity contribution in [1.29, 1.82) is 0 Å². The summed E-state index contributed by atoms with van der Waals surface area (Å²) in [6.07, 6.45) is 7.64. The number of esters is 1. The van der Waals surface area contributed by atoms with Crippen LogP contribution >= 0.6 is 0 Å². The van der Waals surface area contributed by atoms with Gasteiger partial charge in [-0.2, -0.15) is 0 Å². The summed E-state index contributed by atoms with van der Waals surface area (Å²) in [6, 6.07) is 0. The monoisotopic (exact) mass is 242 g/mol. The van der Waals surface area contributed by atoms with Gasteiger partial charge >= 0.3 is 5.97 Å². The van der Waals surface area contributed by atoms with Gasteiger partial charge in [-0.15, -0.1) is 0 Å². The predicted octanol–water partition coefficient (Wildman–Crippen LogP) is 4.57. The molecule has 1 atom stereocenters. The highest BCUT2D eigenvalue weighted by atomic mass is 16.5. The molecule has 0 aliphatic heterocycles. The Hall–Kier alpha value is -0.530. The fourth-order valence-corrected chi connectivity index (χ4v) is 1.96. The molecule has 0 heterocycles. The molecular weight excluding hydrogens is 212 g/mol. The standard InChI is InChI=1S/C15H30O2/c1-5-10-14(6-2)15(16)17-12-9-7-8-11-13(3)4/h13-14H,5-12H2,1-4H3. The molecule has 0 spiro atoms. The molecule has 102 valence electrons. The van der Waals surface area contributed by atoms with Crippen LogP contribution in [-0.4, -0.2) is 12.6 Å². The Morgan fingerprint density at radius 1 is 1.06 bits per heavy atom. The maximum atomic E-state index is 11.7. The van der Waals surface area contributed by atoms with Gasteiger partial charge < -0.3 is 4.74 Å². The van der Waals surface area contributed by atoms with Crippen molar-refractivity contribution in [2.45, 2.75) is 72.6 Å². The van der Waals surface area contributed by atoms with E-state index >= 15 is 0 Å². The van der Waals surface area contributed by atoms with Crippen LogP contribution in [0.15, 0.2) is 0 Å². The minimum atomic E-state index is 0.0122. The summed E-state index contributed by atoms with van der Waals surface area (Å²) in [5.41, 5.74) is 0. The lowest BCUT2D eigenvalue weighted by molar-refractivity contribution is -0.149. The molecule has 0 bridgehead atoms. The van der Waals surface area contributed by atoms with Crippen LogP contribution in [0.2, 0.25) is 0 Å². The second kappa shape index (κ2) is 10.6. The first-order valence-corrected chi connectivity index (χ1v) is 7.28. The van der Waals surface area contributed by atoms with Crippen molar-refractivity contribution in [3.63, 3.8) is 0 Å². The third-order valence-corrected chi connectivity index (χ3v) is 3.13. The summed E-state index contributed by atoms with van der Waals surface area (Å²) >= 11 is 0. The van der Waals surface area contributed by atoms with Gasteiger partial charge in [-0.3, -0.25) is 4.79 Å². The van der Waals surface area contributed by atoms with E-state index in [2.05, 4.69) is 27.7 Å². The number of hydrogen-bond donors (Lipinski definition) is 0. The average molecular weight is 242 g/mol. The molecule has 0 saturated carbocycles. The summed E-state index contributed by atoms with van der Waals surface area (Å²) in [4.78, 5) is 11.7. The molecule has 1 unspecified atom stereocenters. The highest BCUT2D eigenvalue weighted by molar-refractivity contribution is 5.72. The molecular formula is C15H30O2. The zero-order chi connectivity index (χ0) is 13.1. The van der Waals surface area contributed by atoms with Crippen molar-refractivity contribution in [2.24, 2.45) is 11.8 Å². The van der Waals surface area contributed by atoms with Crippen LogP contribution in [0.5, 0.6) is 0 Å². The third kappa shape index (κ3) is 9.20. The number of ether oxygens (including phenoxy) is 1. The van der Waals surface area contributed by atoms with Gasteiger partial charge in [0.1, 0.15) is 0 Å². The van der Waals surface area contributed by atoms with Crippen LogP contribution < -0.4 is 0 Å². The van der Waals surface area contributed by atoms with Crippen molar-refractivity contribution in [3.05, 3.63) is 0 Å². The first kappa shape index (κ1) is 16.5. The summed E-state index contributed by atoms with van der Waals surface area (Å²) < 4.78 is 5.32. The molecule has 2 nitrogen and oxygen atoms in total. The van der Waals surface area contributed by atoms with Gasteiger partial charge in [-0.05, 0) is 25.2 Å². The Kier molecular flexibility index (Phi) is 10.3. The number of unbranched alkanes of at least 4 members (excludes halogenated alkanes) is 2. The number of rotatable bonds is 10. The second-order valence-corrected chi connectivity index (χ2v) is 5.30. The normalized spacial score (nSPS) is 12.8. The minimum Gasteiger partial charge on any atom is -0.465 e. The van der Waals surface area contributed by atoms with Crippen LogP contribution in [0, 0.1) is 11.8 Å². The molecule has 0 amide bonds. The maximum Gasteiger partial charge on any atom is 0.308 e. The van der Waals surface area contributed by atoms with E-state index in [-0.39, 0.29) is 11.9 Å². The van der Waals surface area contributed by atoms with Crippen molar-refractivity contribution < 1.29 is 9.53 Å². The first-order chi connectivity index (χ1) is 8.11. The van der Waals surface area contributed by atoms with Crippen molar-refractivity contribution >= 4 is 5.97 Å². The molecule has 0 fully saturated rings. The molecule has 0 rings (SSSR count). The summed E-state index contributed by atoms with van der Waals surface area (Å²) in [5.74, 6) is 0.917. The highest BCUT2D eigenvalue weighted by Crippen LogP contribution is 2.13. The number of carbonyl (C=O) groups is 1. The van der Waals surface area contributed by atoms with Crippen molar-refractivity contribution in [1.82, 2.24) is 0 Å². The Morgan fingerprint density at radius 2 is 1.76 bits per heavy atom. The van der Waals surface area contributed by atoms with Gasteiger partial charge in [0, 0.05) is 0 Å². The van der Waals surface area contributed by atoms with Crippen LogP contribution in [0.4, 0.5) is 0 Å². The Morgan fingerprint density at radius 3 is 2.29 bits per heavy atom. The fourth-order valence-electron chi connectivity index (χ4n) is 1.96. The Balaban J connectivity index is 3.49. The molecule has 0 aromatic carbocycles. The van der Waals surface area contributed by atoms with E-state index in [1.807, 2.05) is 0 Å². The van der Waals surface area contributed by atoms with Crippen LogP contribution in [-0.2, 0) is 9.53 Å². The van der Waals surface area contributed by atoms with E-state index in [9.17, 15) is 4.79 Å². The Bertz CT molecular complexity index is 187. The van der Waals surface area contributed by atoms with E-state index in [0.717, 1.165) is 31.6 Å². The minimum absolute atomic E-state index is 0.0122. The molecule has 0 saturated heterocycles. The molecule has 17 heavy (non-hydrogen) atoms. The largest absolute Gasteiger partial charge is 0.465 e. The molecule has 0 aromatic rings. The zero-order valence-corrected chi connectivity index (χ0v) is 12.1. The van der Waals surface area contributed by atoms with Crippen LogP contribution in [0.3, 0.4) is 0 Å². The fraction of sp³-hybridized carbons (Fsp3) is 0.933. The van der Waals surface area contributed by atoms with E-state index in [1.165, 1.54) is 19.3 Å². The van der Waals surface area contributed by atoms with Gasteiger partial charge in [0.25, 0.3) is 0 Å². The van der Waals surface area contributed by atoms with E-state index in [1.54, 1.807) is 0 Å². The van der Waals surface area contributed by atoms with E-state index in [4.69, 9.17) is 4.74 Å². The average Bonchev–Trinajstić information content (AvgIpc) is 2.29. The van der Waals surface area contributed by atoms with Gasteiger partial charge in [-0.1, -0.05) is 53.4 Å². The highest BCUT2D eigenvalue weighted by Gasteiger charge is 2.16. The zero-order valence-electron chi connectivity index (χ0n) is 12.1. The summed E-state index contributed by atoms with van der Waals surface area (Å²) in [6.45, 7) is 9.27. The molecule has 0 radical (unpaired) electrons. The molecule has 0 aliphatic carbocycles. The quantitative estimate of drug-likeness (QED) is 0.414. The van der Waals surface area contributed by atoms with Crippen molar-refractivity contribution in [3.8, 4) is 0 Å². The Labute approximate surface area is 107 Å². The van der Waals surface area contributed by atoms with Crippen LogP contribution in [0.25, 0.3) is 0 Å². The molecule has 0 N–H and O–H groups in total. The molecule has 2 heteroatoms. The van der Waals surface area contributed by atoms with Gasteiger partial charge in [-0.25, -0.2) is 0 Å². The first-order valence-electron chi connectivity index (χ1n) is 7.28. The lowest BCUT2D eigenvalue weighted by Gasteiger charge is -2.13. The van der Waals surface area contributed by atoms with Gasteiger partial charge in [0.15, 0.2) is 0 Å². The lowest BCUT2D eigenvalue weighted by Crippen LogP contribution is -2.17. The number of hydrogen-bond acceptors (Lipinski definition) is 2. The molecule has 0 aromatic heterocycles. The number of carbonyl (C=O) groups excluding carboxylic acids is 1. The van der Waals surface area contributed by atoms with Gasteiger partial charge in [0.2, 0.25) is 0 Å². The predicted molar refractivity (Wildman–Crippen MR) is 73.0 cm³/mol. The topological polar surface area (TPSA) is 26.3 Å². The summed E-state index contributed by atoms with van der Waals surface area (Å²) in [5, 5.41) is 0. The summed E-state index contributed by atoms with van der Waals surface area (Å²) in [7, 11) is 0. The second-order valence-electron chi connectivity index (χ2n) is 5.30. The smallest absolute Gasteiger partial charge is 0.308 e. The lowest BCUT2D eigenvalue weighted by atomic mass is 10.0. The molecule has 0 aliphatic rings. The maximum absolute atomic E-state index is 11.7. The van der Waals surface area contributed by atoms with E-state index < -0.39 is 0 Å². The van der Waals surface area contributed by atoms with Gasteiger partial charge in [0.05, 0.1) is 12.5 Å². The van der Waals surface area contributed by atoms with E-state index in [0.29, 0.717) is 6.61 Å². The SMILES string of the molecule is CCCC(CC)C(=O)OCCCCCC(C)C. The van der Waals surface area contributed by atoms with Crippen LogP contribution in [0.1, 0.15) is 72.6 Å².